The topological polar surface area (TPSA) is 222 Å². The number of non-ortho nitro benzene ring substituents is 1. The third-order valence-corrected chi connectivity index (χ3v) is 5.63. The van der Waals surface area contributed by atoms with Crippen molar-refractivity contribution in [3.8, 4) is 5.75 Å². The van der Waals surface area contributed by atoms with Crippen molar-refractivity contribution in [1.29, 1.82) is 0 Å². The quantitative estimate of drug-likeness (QED) is 0.150. The first-order chi connectivity index (χ1) is 15.6. The standard InChI is InChI=1S/C18H24ClNO13/c19-7-3-6(20(28)29)1-2-8(7)30-17-15(27)13(25)16(10(5-22)32-17)33-18-14(26)12(24)11(23)9(4-21)31-18/h1-3,9-18,21-27H,4-5H2/t9-,10-,11+,12+,13-,14-,15-,16+,17-,18+/m1/s1. The van der Waals surface area contributed by atoms with Crippen LogP contribution < -0.4 is 4.74 Å². The average Bonchev–Trinajstić information content (AvgIpc) is 2.79. The summed E-state index contributed by atoms with van der Waals surface area (Å²) in [4.78, 5) is 10.2. The van der Waals surface area contributed by atoms with Crippen LogP contribution in [0.2, 0.25) is 5.02 Å². The van der Waals surface area contributed by atoms with Gasteiger partial charge < -0.3 is 54.7 Å². The molecule has 15 heteroatoms. The molecule has 7 N–H and O–H groups in total. The van der Waals surface area contributed by atoms with Gasteiger partial charge in [-0.15, -0.1) is 0 Å². The number of aliphatic hydroxyl groups is 7. The number of nitro benzene ring substituents is 1. The molecule has 2 fully saturated rings. The van der Waals surface area contributed by atoms with Crippen LogP contribution in [0.3, 0.4) is 0 Å². The molecular weight excluding hydrogens is 474 g/mol. The van der Waals surface area contributed by atoms with Crippen molar-refractivity contribution in [3.05, 3.63) is 33.3 Å². The Labute approximate surface area is 191 Å². The van der Waals surface area contributed by atoms with Gasteiger partial charge in [-0.05, 0) is 6.07 Å². The lowest BCUT2D eigenvalue weighted by Crippen LogP contribution is -2.65. The van der Waals surface area contributed by atoms with Crippen LogP contribution >= 0.6 is 11.6 Å². The molecule has 0 spiro atoms. The van der Waals surface area contributed by atoms with Gasteiger partial charge in [-0.3, -0.25) is 10.1 Å². The molecule has 0 saturated carbocycles. The van der Waals surface area contributed by atoms with E-state index >= 15 is 0 Å². The van der Waals surface area contributed by atoms with Crippen LogP contribution in [0.4, 0.5) is 5.69 Å². The molecule has 0 aromatic heterocycles. The molecule has 0 aliphatic carbocycles. The van der Waals surface area contributed by atoms with E-state index in [0.29, 0.717) is 0 Å². The normalized spacial score (nSPS) is 39.3. The third-order valence-electron chi connectivity index (χ3n) is 5.33. The molecule has 0 radical (unpaired) electrons. The highest BCUT2D eigenvalue weighted by Gasteiger charge is 2.51. The lowest BCUT2D eigenvalue weighted by molar-refractivity contribution is -0.384. The second kappa shape index (κ2) is 10.7. The fourth-order valence-corrected chi connectivity index (χ4v) is 3.70. The number of nitro groups is 1. The minimum atomic E-state index is -1.79. The summed E-state index contributed by atoms with van der Waals surface area (Å²) in [6.45, 7) is -1.47. The minimum Gasteiger partial charge on any atom is -0.460 e. The van der Waals surface area contributed by atoms with E-state index < -0.39 is 79.5 Å². The van der Waals surface area contributed by atoms with Gasteiger partial charge >= 0.3 is 0 Å². The van der Waals surface area contributed by atoms with Crippen molar-refractivity contribution in [1.82, 2.24) is 0 Å². The van der Waals surface area contributed by atoms with Gasteiger partial charge in [0, 0.05) is 12.1 Å². The van der Waals surface area contributed by atoms with Crippen molar-refractivity contribution in [2.45, 2.75) is 61.4 Å². The molecule has 2 aliphatic rings. The predicted octanol–water partition coefficient (Wildman–Crippen LogP) is -2.75. The van der Waals surface area contributed by atoms with Gasteiger partial charge in [-0.25, -0.2) is 0 Å². The highest BCUT2D eigenvalue weighted by Crippen LogP contribution is 2.33. The minimum absolute atomic E-state index is 0.108. The smallest absolute Gasteiger partial charge is 0.271 e. The van der Waals surface area contributed by atoms with Crippen molar-refractivity contribution in [3.63, 3.8) is 0 Å². The Hall–Kier alpha value is -1.69. The first-order valence-corrected chi connectivity index (χ1v) is 10.2. The van der Waals surface area contributed by atoms with Gasteiger partial charge in [0.05, 0.1) is 23.2 Å². The molecule has 0 amide bonds. The molecule has 1 aromatic carbocycles. The maximum atomic E-state index is 10.8. The summed E-state index contributed by atoms with van der Waals surface area (Å²) in [7, 11) is 0. The summed E-state index contributed by atoms with van der Waals surface area (Å²) < 4.78 is 21.5. The van der Waals surface area contributed by atoms with E-state index in [1.807, 2.05) is 0 Å². The molecular formula is C18H24ClNO13. The number of halogens is 1. The number of benzene rings is 1. The van der Waals surface area contributed by atoms with Crippen LogP contribution in [-0.4, -0.2) is 115 Å². The van der Waals surface area contributed by atoms with Crippen molar-refractivity contribution in [2.75, 3.05) is 13.2 Å². The molecule has 2 aliphatic heterocycles. The summed E-state index contributed by atoms with van der Waals surface area (Å²) in [5.41, 5.74) is -0.307. The Balaban J connectivity index is 1.73. The number of hydrogen-bond acceptors (Lipinski definition) is 13. The maximum absolute atomic E-state index is 10.8. The third kappa shape index (κ3) is 5.36. The van der Waals surface area contributed by atoms with Crippen LogP contribution in [0, 0.1) is 10.1 Å². The monoisotopic (exact) mass is 497 g/mol. The number of hydrogen-bond donors (Lipinski definition) is 7. The van der Waals surface area contributed by atoms with Crippen molar-refractivity contribution in [2.24, 2.45) is 0 Å². The van der Waals surface area contributed by atoms with Gasteiger partial charge in [0.2, 0.25) is 6.29 Å². The predicted molar refractivity (Wildman–Crippen MR) is 105 cm³/mol. The van der Waals surface area contributed by atoms with E-state index in [1.54, 1.807) is 0 Å². The molecule has 2 saturated heterocycles. The number of ether oxygens (including phenoxy) is 4. The second-order valence-corrected chi connectivity index (χ2v) is 7.90. The van der Waals surface area contributed by atoms with Gasteiger partial charge in [-0.1, -0.05) is 11.6 Å². The molecule has 186 valence electrons. The molecule has 10 atom stereocenters. The first-order valence-electron chi connectivity index (χ1n) is 9.78. The molecule has 0 unspecified atom stereocenters. The molecule has 2 heterocycles. The molecule has 0 bridgehead atoms. The average molecular weight is 498 g/mol. The van der Waals surface area contributed by atoms with Crippen LogP contribution in [0.25, 0.3) is 0 Å². The highest BCUT2D eigenvalue weighted by atomic mass is 35.5. The lowest BCUT2D eigenvalue weighted by atomic mass is 9.97. The summed E-state index contributed by atoms with van der Waals surface area (Å²) in [6, 6.07) is 3.27. The Bertz CT molecular complexity index is 827. The van der Waals surface area contributed by atoms with Gasteiger partial charge in [0.15, 0.2) is 6.29 Å². The SMILES string of the molecule is O=[N+]([O-])c1ccc(O[C@@H]2O[C@H](CO)[C@H](O[C@@H]3O[C@H](CO)[C@H](O)[C@H](O)[C@H]3O)[C@H](O)[C@H]2O)c(Cl)c1. The van der Waals surface area contributed by atoms with Crippen molar-refractivity contribution < 1.29 is 59.6 Å². The Morgan fingerprint density at radius 2 is 1.52 bits per heavy atom. The Morgan fingerprint density at radius 3 is 2.09 bits per heavy atom. The zero-order chi connectivity index (χ0) is 24.4. The fourth-order valence-electron chi connectivity index (χ4n) is 3.48. The van der Waals surface area contributed by atoms with E-state index in [2.05, 4.69) is 0 Å². The molecule has 14 nitrogen and oxygen atoms in total. The fraction of sp³-hybridized carbons (Fsp3) is 0.667. The second-order valence-electron chi connectivity index (χ2n) is 7.49. The van der Waals surface area contributed by atoms with Crippen LogP contribution in [0.5, 0.6) is 5.75 Å². The zero-order valence-corrected chi connectivity index (χ0v) is 17.6. The molecule has 33 heavy (non-hydrogen) atoms. The van der Waals surface area contributed by atoms with Gasteiger partial charge in [0.25, 0.3) is 5.69 Å². The number of rotatable bonds is 7. The summed E-state index contributed by atoms with van der Waals surface area (Å²) >= 11 is 5.96. The number of nitrogens with zero attached hydrogens (tertiary/aromatic N) is 1. The van der Waals surface area contributed by atoms with Gasteiger partial charge in [0.1, 0.15) is 54.6 Å². The molecule has 1 aromatic rings. The van der Waals surface area contributed by atoms with E-state index in [1.165, 1.54) is 0 Å². The summed E-state index contributed by atoms with van der Waals surface area (Å²) in [5, 5.41) is 80.5. The Kier molecular flexibility index (Phi) is 8.41. The largest absolute Gasteiger partial charge is 0.460 e. The first kappa shape index (κ1) is 25.9. The number of aliphatic hydroxyl groups excluding tert-OH is 7. The van der Waals surface area contributed by atoms with Crippen molar-refractivity contribution >= 4 is 17.3 Å². The molecule has 3 rings (SSSR count). The zero-order valence-electron chi connectivity index (χ0n) is 16.8. The Morgan fingerprint density at radius 1 is 0.909 bits per heavy atom. The van der Waals surface area contributed by atoms with E-state index in [0.717, 1.165) is 18.2 Å². The maximum Gasteiger partial charge on any atom is 0.271 e. The van der Waals surface area contributed by atoms with Crippen LogP contribution in [0.1, 0.15) is 0 Å². The van der Waals surface area contributed by atoms with E-state index in [-0.39, 0.29) is 16.5 Å². The van der Waals surface area contributed by atoms with E-state index in [4.69, 9.17) is 30.5 Å². The highest BCUT2D eigenvalue weighted by molar-refractivity contribution is 6.32. The summed E-state index contributed by atoms with van der Waals surface area (Å²) in [6.07, 6.45) is -16.1. The summed E-state index contributed by atoms with van der Waals surface area (Å²) in [5.74, 6) is -0.108. The van der Waals surface area contributed by atoms with E-state index in [9.17, 15) is 45.9 Å². The van der Waals surface area contributed by atoms with Gasteiger partial charge in [-0.2, -0.15) is 0 Å². The lowest BCUT2D eigenvalue weighted by Gasteiger charge is -2.45. The van der Waals surface area contributed by atoms with Crippen LogP contribution in [0.15, 0.2) is 18.2 Å². The van der Waals surface area contributed by atoms with Crippen LogP contribution in [-0.2, 0) is 14.2 Å².